The molecule has 2 N–H and O–H groups in total. The van der Waals surface area contributed by atoms with Gasteiger partial charge in [-0.2, -0.15) is 0 Å². The second-order valence-corrected chi connectivity index (χ2v) is 4.49. The Morgan fingerprint density at radius 3 is 2.46 bits per heavy atom. The molecule has 2 atom stereocenters. The van der Waals surface area contributed by atoms with Gasteiger partial charge in [-0.05, 0) is 32.6 Å². The third-order valence-electron chi connectivity index (χ3n) is 2.76. The average Bonchev–Trinajstić information content (AvgIpc) is 2.84. The van der Waals surface area contributed by atoms with Gasteiger partial charge in [-0.15, -0.1) is 0 Å². The van der Waals surface area contributed by atoms with Crippen LogP contribution in [0.15, 0.2) is 0 Å². The molecule has 2 nitrogen and oxygen atoms in total. The number of ketones is 1. The van der Waals surface area contributed by atoms with Gasteiger partial charge in [0, 0.05) is 17.9 Å². The topological polar surface area (TPSA) is 43.1 Å². The Hall–Kier alpha value is -0.370. The molecule has 0 bridgehead atoms. The van der Waals surface area contributed by atoms with Crippen LogP contribution >= 0.6 is 0 Å². The van der Waals surface area contributed by atoms with E-state index in [0.717, 1.165) is 32.1 Å². The molecule has 0 saturated heterocycles. The Labute approximate surface area is 80.9 Å². The third-order valence-corrected chi connectivity index (χ3v) is 2.76. The summed E-state index contributed by atoms with van der Waals surface area (Å²) in [6, 6.07) is 0.281. The molecule has 0 amide bonds. The van der Waals surface area contributed by atoms with Gasteiger partial charge in [-0.25, -0.2) is 0 Å². The average molecular weight is 183 g/mol. The molecule has 0 aromatic rings. The van der Waals surface area contributed by atoms with Gasteiger partial charge < -0.3 is 5.73 Å². The molecule has 0 aliphatic heterocycles. The first kappa shape index (κ1) is 10.7. The molecule has 0 radical (unpaired) electrons. The van der Waals surface area contributed by atoms with Crippen molar-refractivity contribution in [1.29, 1.82) is 0 Å². The van der Waals surface area contributed by atoms with E-state index in [9.17, 15) is 4.79 Å². The molecule has 1 saturated carbocycles. The van der Waals surface area contributed by atoms with Crippen LogP contribution in [0.5, 0.6) is 0 Å². The summed E-state index contributed by atoms with van der Waals surface area (Å²) in [5.41, 5.74) is 5.64. The SMILES string of the molecule is CC(N)CCCC(C)C(=O)C1CC1. The number of hydrogen-bond acceptors (Lipinski definition) is 2. The molecule has 0 heterocycles. The van der Waals surface area contributed by atoms with E-state index in [0.29, 0.717) is 11.7 Å². The first-order valence-corrected chi connectivity index (χ1v) is 5.40. The molecule has 13 heavy (non-hydrogen) atoms. The van der Waals surface area contributed by atoms with Gasteiger partial charge in [0.15, 0.2) is 0 Å². The third kappa shape index (κ3) is 3.90. The predicted octanol–water partition coefficient (Wildman–Crippen LogP) is 2.12. The summed E-state index contributed by atoms with van der Waals surface area (Å²) in [6.45, 7) is 4.08. The lowest BCUT2D eigenvalue weighted by molar-refractivity contribution is -0.123. The van der Waals surface area contributed by atoms with E-state index in [2.05, 4.69) is 6.92 Å². The second kappa shape index (κ2) is 4.75. The van der Waals surface area contributed by atoms with Gasteiger partial charge in [0.1, 0.15) is 5.78 Å². The summed E-state index contributed by atoms with van der Waals surface area (Å²) >= 11 is 0. The van der Waals surface area contributed by atoms with E-state index in [-0.39, 0.29) is 12.0 Å². The highest BCUT2D eigenvalue weighted by Crippen LogP contribution is 2.33. The van der Waals surface area contributed by atoms with Crippen LogP contribution in [0.3, 0.4) is 0 Å². The zero-order valence-electron chi connectivity index (χ0n) is 8.75. The zero-order valence-corrected chi connectivity index (χ0v) is 8.75. The van der Waals surface area contributed by atoms with Crippen molar-refractivity contribution in [3.05, 3.63) is 0 Å². The van der Waals surface area contributed by atoms with Gasteiger partial charge in [0.25, 0.3) is 0 Å². The number of nitrogens with two attached hydrogens (primary N) is 1. The number of carbonyl (C=O) groups excluding carboxylic acids is 1. The molecule has 2 heteroatoms. The highest BCUT2D eigenvalue weighted by Gasteiger charge is 2.32. The molecule has 1 fully saturated rings. The van der Waals surface area contributed by atoms with E-state index >= 15 is 0 Å². The van der Waals surface area contributed by atoms with Crippen LogP contribution in [0, 0.1) is 11.8 Å². The van der Waals surface area contributed by atoms with Crippen LogP contribution in [0.4, 0.5) is 0 Å². The predicted molar refractivity (Wildman–Crippen MR) is 54.4 cm³/mol. The van der Waals surface area contributed by atoms with Gasteiger partial charge in [0.05, 0.1) is 0 Å². The fraction of sp³-hybridized carbons (Fsp3) is 0.909. The Morgan fingerprint density at radius 1 is 1.38 bits per heavy atom. The maximum atomic E-state index is 11.5. The highest BCUT2D eigenvalue weighted by molar-refractivity contribution is 5.85. The summed E-state index contributed by atoms with van der Waals surface area (Å²) in [5, 5.41) is 0. The summed E-state index contributed by atoms with van der Waals surface area (Å²) < 4.78 is 0. The minimum atomic E-state index is 0.270. The maximum absolute atomic E-state index is 11.5. The van der Waals surface area contributed by atoms with E-state index in [1.165, 1.54) is 0 Å². The minimum Gasteiger partial charge on any atom is -0.328 e. The second-order valence-electron chi connectivity index (χ2n) is 4.49. The van der Waals surface area contributed by atoms with Crippen molar-refractivity contribution in [3.8, 4) is 0 Å². The summed E-state index contributed by atoms with van der Waals surface area (Å²) in [5.74, 6) is 1.18. The largest absolute Gasteiger partial charge is 0.328 e. The molecule has 76 valence electrons. The summed E-state index contributed by atoms with van der Waals surface area (Å²) in [4.78, 5) is 11.5. The van der Waals surface area contributed by atoms with Crippen molar-refractivity contribution < 1.29 is 4.79 Å². The highest BCUT2D eigenvalue weighted by atomic mass is 16.1. The van der Waals surface area contributed by atoms with Crippen molar-refractivity contribution in [2.45, 2.75) is 52.0 Å². The van der Waals surface area contributed by atoms with Crippen molar-refractivity contribution in [2.75, 3.05) is 0 Å². The summed E-state index contributed by atoms with van der Waals surface area (Å²) in [6.07, 6.45) is 5.43. The number of rotatable bonds is 6. The Kier molecular flexibility index (Phi) is 3.91. The Balaban J connectivity index is 2.09. The van der Waals surface area contributed by atoms with E-state index in [4.69, 9.17) is 5.73 Å². The first-order chi connectivity index (χ1) is 6.11. The molecule has 1 aliphatic carbocycles. The van der Waals surface area contributed by atoms with Crippen LogP contribution in [0.1, 0.15) is 46.0 Å². The molecular weight excluding hydrogens is 162 g/mol. The van der Waals surface area contributed by atoms with Crippen molar-refractivity contribution in [2.24, 2.45) is 17.6 Å². The van der Waals surface area contributed by atoms with Gasteiger partial charge in [-0.3, -0.25) is 4.79 Å². The van der Waals surface area contributed by atoms with Crippen LogP contribution < -0.4 is 5.73 Å². The normalized spacial score (nSPS) is 21.2. The molecule has 1 aliphatic rings. The van der Waals surface area contributed by atoms with Gasteiger partial charge >= 0.3 is 0 Å². The fourth-order valence-corrected chi connectivity index (χ4v) is 1.66. The molecule has 1 rings (SSSR count). The molecule has 0 aromatic carbocycles. The van der Waals surface area contributed by atoms with Crippen molar-refractivity contribution in [3.63, 3.8) is 0 Å². The van der Waals surface area contributed by atoms with Crippen molar-refractivity contribution in [1.82, 2.24) is 0 Å². The minimum absolute atomic E-state index is 0.270. The van der Waals surface area contributed by atoms with Crippen LogP contribution in [-0.4, -0.2) is 11.8 Å². The van der Waals surface area contributed by atoms with E-state index in [1.54, 1.807) is 0 Å². The summed E-state index contributed by atoms with van der Waals surface area (Å²) in [7, 11) is 0. The molecule has 0 aromatic heterocycles. The zero-order chi connectivity index (χ0) is 9.84. The lowest BCUT2D eigenvalue weighted by atomic mass is 9.95. The quantitative estimate of drug-likeness (QED) is 0.685. The lowest BCUT2D eigenvalue weighted by Gasteiger charge is -2.10. The number of carbonyl (C=O) groups is 1. The molecule has 2 unspecified atom stereocenters. The van der Waals surface area contributed by atoms with Gasteiger partial charge in [0.2, 0.25) is 0 Å². The monoisotopic (exact) mass is 183 g/mol. The molecular formula is C11H21NO. The van der Waals surface area contributed by atoms with Gasteiger partial charge in [-0.1, -0.05) is 13.3 Å². The lowest BCUT2D eigenvalue weighted by Crippen LogP contribution is -2.17. The molecule has 0 spiro atoms. The standard InChI is InChI=1S/C11H21NO/c1-8(4-3-5-9(2)12)11(13)10-6-7-10/h8-10H,3-7,12H2,1-2H3. The van der Waals surface area contributed by atoms with E-state index in [1.807, 2.05) is 6.92 Å². The first-order valence-electron chi connectivity index (χ1n) is 5.40. The smallest absolute Gasteiger partial charge is 0.138 e. The van der Waals surface area contributed by atoms with E-state index < -0.39 is 0 Å². The number of hydrogen-bond donors (Lipinski definition) is 1. The van der Waals surface area contributed by atoms with Crippen molar-refractivity contribution >= 4 is 5.78 Å². The van der Waals surface area contributed by atoms with Crippen LogP contribution in [-0.2, 0) is 4.79 Å². The number of Topliss-reactive ketones (excluding diaryl/α,β-unsaturated/α-hetero) is 1. The Morgan fingerprint density at radius 2 is 2.00 bits per heavy atom. The fourth-order valence-electron chi connectivity index (χ4n) is 1.66. The Bertz CT molecular complexity index is 173. The van der Waals surface area contributed by atoms with Crippen LogP contribution in [0.2, 0.25) is 0 Å². The maximum Gasteiger partial charge on any atom is 0.138 e. The van der Waals surface area contributed by atoms with Crippen LogP contribution in [0.25, 0.3) is 0 Å².